The SMILES string of the molecule is O=C1[C@@H]2[C@H]3C[C@@H]([C@H]4Sc5[nH]c(=O)sc5[C@@H](c5ccc(O)cc5)[C@@H]34)[C@H]2C(=O)N1c1ccc(F)cc1. The minimum Gasteiger partial charge on any atom is -0.508 e. The van der Waals surface area contributed by atoms with Gasteiger partial charge in [-0.1, -0.05) is 23.5 Å². The van der Waals surface area contributed by atoms with Gasteiger partial charge in [0.2, 0.25) is 11.8 Å². The van der Waals surface area contributed by atoms with Gasteiger partial charge in [0.1, 0.15) is 11.6 Å². The van der Waals surface area contributed by atoms with E-state index in [2.05, 4.69) is 4.98 Å². The molecule has 2 aromatic carbocycles. The van der Waals surface area contributed by atoms with E-state index in [0.29, 0.717) is 5.69 Å². The molecule has 1 saturated heterocycles. The summed E-state index contributed by atoms with van der Waals surface area (Å²) in [5.41, 5.74) is 1.42. The van der Waals surface area contributed by atoms with E-state index in [0.717, 1.165) is 21.9 Å². The van der Waals surface area contributed by atoms with Crippen LogP contribution in [0.4, 0.5) is 10.1 Å². The molecule has 1 aromatic heterocycles. The molecule has 9 heteroatoms. The van der Waals surface area contributed by atoms with Crippen LogP contribution in [0.15, 0.2) is 58.4 Å². The Balaban J connectivity index is 1.32. The van der Waals surface area contributed by atoms with Crippen molar-refractivity contribution in [3.8, 4) is 5.75 Å². The third-order valence-corrected chi connectivity index (χ3v) is 10.6. The maximum absolute atomic E-state index is 13.6. The van der Waals surface area contributed by atoms with Gasteiger partial charge in [-0.3, -0.25) is 19.3 Å². The number of carbonyl (C=O) groups is 2. The normalized spacial score (nSPS) is 33.2. The summed E-state index contributed by atoms with van der Waals surface area (Å²) >= 11 is 2.84. The standard InChI is InChI=1S/C25H19FN2O4S2/c26-11-3-5-12(6-4-11)28-23(30)18-14-9-15(19(18)24(28)31)20-17(14)16(10-1-7-13(29)8-2-10)21-22(33-20)27-25(32)34-21/h1-8,14-20,29H,9H2,(H,27,32)/t14-,15+,16-,17+,18+,19+,20+/m0/s1. The largest absolute Gasteiger partial charge is 0.508 e. The van der Waals surface area contributed by atoms with E-state index in [-0.39, 0.29) is 57.3 Å². The van der Waals surface area contributed by atoms with Crippen molar-refractivity contribution >= 4 is 40.6 Å². The molecule has 4 aliphatic rings. The minimum atomic E-state index is -0.414. The summed E-state index contributed by atoms with van der Waals surface area (Å²) < 4.78 is 13.5. The Kier molecular flexibility index (Phi) is 4.24. The van der Waals surface area contributed by atoms with Crippen LogP contribution in [-0.4, -0.2) is 27.2 Å². The van der Waals surface area contributed by atoms with Crippen LogP contribution in [0.25, 0.3) is 0 Å². The number of benzene rings is 2. The molecule has 2 bridgehead atoms. The number of hydrogen-bond acceptors (Lipinski definition) is 6. The van der Waals surface area contributed by atoms with Gasteiger partial charge >= 0.3 is 4.87 Å². The van der Waals surface area contributed by atoms with Crippen LogP contribution < -0.4 is 9.77 Å². The average molecular weight is 495 g/mol. The highest BCUT2D eigenvalue weighted by molar-refractivity contribution is 8.00. The number of thiazole rings is 1. The number of nitrogens with one attached hydrogen (secondary N) is 1. The molecule has 172 valence electrons. The molecule has 2 saturated carbocycles. The van der Waals surface area contributed by atoms with Crippen molar-refractivity contribution in [3.63, 3.8) is 0 Å². The number of aromatic hydroxyl groups is 1. The van der Waals surface area contributed by atoms with Gasteiger partial charge in [0.25, 0.3) is 0 Å². The maximum Gasteiger partial charge on any atom is 0.305 e. The fourth-order valence-electron chi connectivity index (χ4n) is 6.92. The van der Waals surface area contributed by atoms with Crippen molar-refractivity contribution in [3.05, 3.63) is 74.5 Å². The second kappa shape index (κ2) is 7.05. The lowest BCUT2D eigenvalue weighted by Gasteiger charge is -2.43. The Morgan fingerprint density at radius 2 is 1.62 bits per heavy atom. The van der Waals surface area contributed by atoms with Gasteiger partial charge < -0.3 is 10.1 Å². The molecule has 3 fully saturated rings. The minimum absolute atomic E-state index is 0.0125. The Morgan fingerprint density at radius 1 is 0.941 bits per heavy atom. The highest BCUT2D eigenvalue weighted by atomic mass is 32.2. The number of phenolic OH excluding ortho intramolecular Hbond substituents is 1. The summed E-state index contributed by atoms with van der Waals surface area (Å²) in [5, 5.41) is 10.8. The molecule has 3 heterocycles. The van der Waals surface area contributed by atoms with Crippen molar-refractivity contribution in [1.82, 2.24) is 4.98 Å². The van der Waals surface area contributed by atoms with Crippen LogP contribution in [0.5, 0.6) is 5.75 Å². The predicted molar refractivity (Wildman–Crippen MR) is 125 cm³/mol. The molecule has 7 rings (SSSR count). The second-order valence-corrected chi connectivity index (χ2v) is 11.7. The van der Waals surface area contributed by atoms with Crippen molar-refractivity contribution < 1.29 is 19.1 Å². The summed E-state index contributed by atoms with van der Waals surface area (Å²) in [6.45, 7) is 0. The van der Waals surface area contributed by atoms with Crippen LogP contribution in [0.2, 0.25) is 0 Å². The molecule has 0 unspecified atom stereocenters. The number of fused-ring (bicyclic) bond motifs is 9. The molecule has 34 heavy (non-hydrogen) atoms. The molecule has 2 aliphatic carbocycles. The van der Waals surface area contributed by atoms with Gasteiger partial charge in [-0.2, -0.15) is 0 Å². The number of aromatic nitrogens is 1. The molecule has 0 radical (unpaired) electrons. The predicted octanol–water partition coefficient (Wildman–Crippen LogP) is 3.96. The van der Waals surface area contributed by atoms with Gasteiger partial charge in [0, 0.05) is 16.0 Å². The summed E-state index contributed by atoms with van der Waals surface area (Å²) in [6, 6.07) is 12.6. The molecular formula is C25H19FN2O4S2. The number of rotatable bonds is 2. The molecular weight excluding hydrogens is 475 g/mol. The zero-order chi connectivity index (χ0) is 23.3. The van der Waals surface area contributed by atoms with E-state index in [1.54, 1.807) is 23.9 Å². The zero-order valence-electron chi connectivity index (χ0n) is 17.7. The number of aromatic amines is 1. The number of anilines is 1. The van der Waals surface area contributed by atoms with Gasteiger partial charge in [-0.15, -0.1) is 11.8 Å². The number of H-pyrrole nitrogens is 1. The first kappa shape index (κ1) is 20.5. The Morgan fingerprint density at radius 3 is 2.32 bits per heavy atom. The lowest BCUT2D eigenvalue weighted by Crippen LogP contribution is -2.42. The summed E-state index contributed by atoms with van der Waals surface area (Å²) in [6.07, 6.45) is 0.806. The van der Waals surface area contributed by atoms with E-state index in [1.807, 2.05) is 12.1 Å². The van der Waals surface area contributed by atoms with Crippen molar-refractivity contribution in [2.75, 3.05) is 4.90 Å². The number of thioether (sulfide) groups is 1. The summed E-state index contributed by atoms with van der Waals surface area (Å²) in [4.78, 5) is 44.5. The van der Waals surface area contributed by atoms with Gasteiger partial charge in [-0.25, -0.2) is 4.39 Å². The molecule has 2 N–H and O–H groups in total. The maximum atomic E-state index is 13.6. The number of carbonyl (C=O) groups excluding carboxylic acids is 2. The third kappa shape index (κ3) is 2.65. The van der Waals surface area contributed by atoms with Crippen LogP contribution in [0.1, 0.15) is 22.8 Å². The van der Waals surface area contributed by atoms with E-state index in [4.69, 9.17) is 0 Å². The molecule has 3 aromatic rings. The van der Waals surface area contributed by atoms with Crippen molar-refractivity contribution in [2.24, 2.45) is 29.6 Å². The van der Waals surface area contributed by atoms with Crippen molar-refractivity contribution in [2.45, 2.75) is 22.6 Å². The quantitative estimate of drug-likeness (QED) is 0.527. The van der Waals surface area contributed by atoms with Crippen LogP contribution in [-0.2, 0) is 9.59 Å². The number of hydrogen-bond donors (Lipinski definition) is 2. The molecule has 6 nitrogen and oxygen atoms in total. The fourth-order valence-corrected chi connectivity index (χ4v) is 9.81. The second-order valence-electron chi connectivity index (χ2n) is 9.54. The van der Waals surface area contributed by atoms with Crippen LogP contribution in [0.3, 0.4) is 0 Å². The highest BCUT2D eigenvalue weighted by Gasteiger charge is 2.69. The van der Waals surface area contributed by atoms with E-state index < -0.39 is 11.7 Å². The van der Waals surface area contributed by atoms with E-state index in [1.165, 1.54) is 40.5 Å². The van der Waals surface area contributed by atoms with Gasteiger partial charge in [0.15, 0.2) is 0 Å². The van der Waals surface area contributed by atoms with E-state index >= 15 is 0 Å². The van der Waals surface area contributed by atoms with E-state index in [9.17, 15) is 23.9 Å². The number of nitrogens with zero attached hydrogens (tertiary/aromatic N) is 1. The lowest BCUT2D eigenvalue weighted by molar-refractivity contribution is -0.123. The molecule has 7 atom stereocenters. The summed E-state index contributed by atoms with van der Waals surface area (Å²) in [7, 11) is 0. The van der Waals surface area contributed by atoms with Crippen LogP contribution >= 0.6 is 23.1 Å². The fraction of sp³-hybridized carbons (Fsp3) is 0.320. The van der Waals surface area contributed by atoms with Crippen molar-refractivity contribution in [1.29, 1.82) is 0 Å². The summed E-state index contributed by atoms with van der Waals surface area (Å²) in [5.74, 6) is -1.36. The Bertz CT molecular complexity index is 1400. The Labute approximate surface area is 201 Å². The van der Waals surface area contributed by atoms with Crippen LogP contribution in [0, 0.1) is 35.4 Å². The first-order valence-corrected chi connectivity index (χ1v) is 12.9. The number of phenols is 1. The monoisotopic (exact) mass is 494 g/mol. The number of imide groups is 1. The smallest absolute Gasteiger partial charge is 0.305 e. The molecule has 0 spiro atoms. The molecule has 2 amide bonds. The Hall–Kier alpha value is -2.91. The average Bonchev–Trinajstić information content (AvgIpc) is 3.54. The topological polar surface area (TPSA) is 90.5 Å². The first-order chi connectivity index (χ1) is 16.4. The number of amides is 2. The third-order valence-electron chi connectivity index (χ3n) is 8.06. The van der Waals surface area contributed by atoms with Gasteiger partial charge in [0.05, 0.1) is 22.5 Å². The first-order valence-electron chi connectivity index (χ1n) is 11.2. The van der Waals surface area contributed by atoms with Gasteiger partial charge in [-0.05, 0) is 66.1 Å². The number of halogens is 1. The lowest BCUT2D eigenvalue weighted by atomic mass is 9.68. The zero-order valence-corrected chi connectivity index (χ0v) is 19.3. The highest BCUT2D eigenvalue weighted by Crippen LogP contribution is 2.68. The molecule has 2 aliphatic heterocycles.